The fraction of sp³-hybridized carbons (Fsp3) is 0.500. The number of hydrogen-bond donors (Lipinski definition) is 1. The first kappa shape index (κ1) is 9.84. The highest BCUT2D eigenvalue weighted by molar-refractivity contribution is 5.94. The number of esters is 1. The molecule has 0 bridgehead atoms. The molecule has 0 radical (unpaired) electrons. The van der Waals surface area contributed by atoms with E-state index in [2.05, 4.69) is 0 Å². The number of aliphatic hydroxyl groups is 1. The molecule has 1 N–H and O–H groups in total. The Hall–Kier alpha value is -1.25. The average Bonchev–Trinajstić information content (AvgIpc) is 2.24. The molecule has 1 heterocycles. The smallest absolute Gasteiger partial charge is 0.343 e. The first-order chi connectivity index (χ1) is 5.88. The summed E-state index contributed by atoms with van der Waals surface area (Å²) in [6.45, 7) is 7.29. The molecule has 0 spiro atoms. The summed E-state index contributed by atoms with van der Waals surface area (Å²) in [7, 11) is 0. The maximum Gasteiger partial charge on any atom is 0.343 e. The van der Waals surface area contributed by atoms with Crippen LogP contribution in [0.15, 0.2) is 23.2 Å². The molecule has 0 aromatic heterocycles. The lowest BCUT2D eigenvalue weighted by Crippen LogP contribution is -2.16. The highest BCUT2D eigenvalue weighted by Crippen LogP contribution is 2.36. The third-order valence-electron chi connectivity index (χ3n) is 1.89. The lowest BCUT2D eigenvalue weighted by atomic mass is 9.86. The van der Waals surface area contributed by atoms with Gasteiger partial charge in [-0.2, -0.15) is 0 Å². The second-order valence-corrected chi connectivity index (χ2v) is 4.02. The molecule has 0 fully saturated rings. The van der Waals surface area contributed by atoms with Crippen LogP contribution in [-0.4, -0.2) is 11.1 Å². The number of carbonyl (C=O) groups excluding carboxylic acids is 1. The van der Waals surface area contributed by atoms with E-state index in [0.717, 1.165) is 0 Å². The average molecular weight is 182 g/mol. The van der Waals surface area contributed by atoms with Crippen LogP contribution in [0, 0.1) is 5.41 Å². The molecule has 0 unspecified atom stereocenters. The predicted octanol–water partition coefficient (Wildman–Crippen LogP) is 2.31. The Balaban J connectivity index is 3.22. The molecular formula is C10H14O3. The quantitative estimate of drug-likeness (QED) is 0.585. The molecule has 3 heteroatoms. The van der Waals surface area contributed by atoms with Crippen LogP contribution in [0.25, 0.3) is 0 Å². The zero-order valence-electron chi connectivity index (χ0n) is 8.34. The van der Waals surface area contributed by atoms with Crippen LogP contribution >= 0.6 is 0 Å². The van der Waals surface area contributed by atoms with E-state index in [-0.39, 0.29) is 16.9 Å². The summed E-state index contributed by atoms with van der Waals surface area (Å²) in [5.41, 5.74) is -0.0352. The molecule has 3 nitrogen and oxygen atoms in total. The summed E-state index contributed by atoms with van der Waals surface area (Å²) in [5, 5.41) is 9.62. The summed E-state index contributed by atoms with van der Waals surface area (Å²) < 4.78 is 4.86. The minimum absolute atomic E-state index is 0.0278. The van der Waals surface area contributed by atoms with Crippen molar-refractivity contribution >= 4 is 5.97 Å². The van der Waals surface area contributed by atoms with Crippen LogP contribution in [0.1, 0.15) is 27.7 Å². The van der Waals surface area contributed by atoms with Crippen LogP contribution in [0.5, 0.6) is 0 Å². The third-order valence-corrected chi connectivity index (χ3v) is 1.89. The second kappa shape index (κ2) is 2.91. The van der Waals surface area contributed by atoms with Crippen molar-refractivity contribution in [2.75, 3.05) is 0 Å². The van der Waals surface area contributed by atoms with Crippen LogP contribution in [0.2, 0.25) is 0 Å². The SMILES string of the molecule is CC=C1OC(=O)C(C(C)(C)C)=C1O. The Morgan fingerprint density at radius 1 is 1.38 bits per heavy atom. The molecule has 0 saturated heterocycles. The van der Waals surface area contributed by atoms with Crippen molar-refractivity contribution in [3.05, 3.63) is 23.2 Å². The standard InChI is InChI=1S/C10H14O3/c1-5-6-8(11)7(9(12)13-6)10(2,3)4/h5,11H,1-4H3. The molecule has 0 aromatic carbocycles. The van der Waals surface area contributed by atoms with E-state index >= 15 is 0 Å². The van der Waals surface area contributed by atoms with Crippen molar-refractivity contribution in [2.24, 2.45) is 5.41 Å². The number of hydrogen-bond acceptors (Lipinski definition) is 3. The fourth-order valence-corrected chi connectivity index (χ4v) is 1.28. The van der Waals surface area contributed by atoms with E-state index < -0.39 is 5.97 Å². The Labute approximate surface area is 77.7 Å². The van der Waals surface area contributed by atoms with Gasteiger partial charge in [-0.1, -0.05) is 20.8 Å². The number of rotatable bonds is 0. The van der Waals surface area contributed by atoms with Crippen LogP contribution in [0.4, 0.5) is 0 Å². The van der Waals surface area contributed by atoms with Crippen molar-refractivity contribution in [2.45, 2.75) is 27.7 Å². The molecule has 1 aliphatic heterocycles. The fourth-order valence-electron chi connectivity index (χ4n) is 1.28. The zero-order chi connectivity index (χ0) is 10.2. The van der Waals surface area contributed by atoms with E-state index in [0.29, 0.717) is 5.57 Å². The molecule has 72 valence electrons. The largest absolute Gasteiger partial charge is 0.504 e. The molecule has 0 saturated carbocycles. The second-order valence-electron chi connectivity index (χ2n) is 4.02. The van der Waals surface area contributed by atoms with E-state index in [4.69, 9.17) is 4.74 Å². The Kier molecular flexibility index (Phi) is 2.20. The van der Waals surface area contributed by atoms with E-state index in [1.807, 2.05) is 20.8 Å². The summed E-state index contributed by atoms with van der Waals surface area (Å²) in [6, 6.07) is 0. The molecular weight excluding hydrogens is 168 g/mol. The number of cyclic esters (lactones) is 1. The highest BCUT2D eigenvalue weighted by Gasteiger charge is 2.36. The molecule has 1 aliphatic rings. The molecule has 0 atom stereocenters. The minimum Gasteiger partial charge on any atom is -0.504 e. The minimum atomic E-state index is -0.446. The van der Waals surface area contributed by atoms with Gasteiger partial charge in [0.1, 0.15) is 0 Å². The van der Waals surface area contributed by atoms with Crippen molar-refractivity contribution in [3.63, 3.8) is 0 Å². The normalized spacial score (nSPS) is 21.2. The van der Waals surface area contributed by atoms with Crippen molar-refractivity contribution < 1.29 is 14.6 Å². The van der Waals surface area contributed by atoms with Gasteiger partial charge in [-0.3, -0.25) is 0 Å². The first-order valence-corrected chi connectivity index (χ1v) is 4.20. The molecule has 0 aliphatic carbocycles. The van der Waals surface area contributed by atoms with Crippen LogP contribution < -0.4 is 0 Å². The van der Waals surface area contributed by atoms with Gasteiger partial charge in [-0.15, -0.1) is 0 Å². The summed E-state index contributed by atoms with van der Waals surface area (Å²) in [4.78, 5) is 11.3. The van der Waals surface area contributed by atoms with E-state index in [1.54, 1.807) is 13.0 Å². The van der Waals surface area contributed by atoms with Gasteiger partial charge in [0.2, 0.25) is 0 Å². The van der Waals surface area contributed by atoms with Crippen LogP contribution in [0.3, 0.4) is 0 Å². The third kappa shape index (κ3) is 1.59. The van der Waals surface area contributed by atoms with Gasteiger partial charge < -0.3 is 9.84 Å². The Morgan fingerprint density at radius 3 is 2.15 bits per heavy atom. The zero-order valence-corrected chi connectivity index (χ0v) is 8.34. The molecule has 1 rings (SSSR count). The molecule has 0 aromatic rings. The van der Waals surface area contributed by atoms with E-state index in [9.17, 15) is 9.90 Å². The van der Waals surface area contributed by atoms with Gasteiger partial charge in [0.15, 0.2) is 11.5 Å². The predicted molar refractivity (Wildman–Crippen MR) is 49.0 cm³/mol. The maximum absolute atomic E-state index is 11.3. The summed E-state index contributed by atoms with van der Waals surface area (Å²) >= 11 is 0. The monoisotopic (exact) mass is 182 g/mol. The maximum atomic E-state index is 11.3. The topological polar surface area (TPSA) is 46.5 Å². The summed E-state index contributed by atoms with van der Waals surface area (Å²) in [5.74, 6) is -0.215. The molecule has 13 heavy (non-hydrogen) atoms. The van der Waals surface area contributed by atoms with E-state index in [1.165, 1.54) is 0 Å². The summed E-state index contributed by atoms with van der Waals surface area (Å²) in [6.07, 6.45) is 1.58. The first-order valence-electron chi connectivity index (χ1n) is 4.20. The van der Waals surface area contributed by atoms with Gasteiger partial charge >= 0.3 is 5.97 Å². The van der Waals surface area contributed by atoms with Gasteiger partial charge in [-0.05, 0) is 18.4 Å². The van der Waals surface area contributed by atoms with Crippen molar-refractivity contribution in [1.82, 2.24) is 0 Å². The van der Waals surface area contributed by atoms with Gasteiger partial charge in [0.05, 0.1) is 5.57 Å². The number of carbonyl (C=O) groups is 1. The Morgan fingerprint density at radius 2 is 1.92 bits per heavy atom. The van der Waals surface area contributed by atoms with Crippen LogP contribution in [-0.2, 0) is 9.53 Å². The van der Waals surface area contributed by atoms with Gasteiger partial charge in [0, 0.05) is 0 Å². The molecule has 0 amide bonds. The number of allylic oxidation sites excluding steroid dienone is 1. The van der Waals surface area contributed by atoms with Crippen molar-refractivity contribution in [3.8, 4) is 0 Å². The highest BCUT2D eigenvalue weighted by atomic mass is 16.6. The van der Waals surface area contributed by atoms with Gasteiger partial charge in [0.25, 0.3) is 0 Å². The Bertz CT molecular complexity index is 303. The lowest BCUT2D eigenvalue weighted by Gasteiger charge is -2.16. The lowest BCUT2D eigenvalue weighted by molar-refractivity contribution is -0.134. The number of ether oxygens (including phenoxy) is 1. The number of aliphatic hydroxyl groups excluding tert-OH is 1. The van der Waals surface area contributed by atoms with Gasteiger partial charge in [-0.25, -0.2) is 4.79 Å². The van der Waals surface area contributed by atoms with Crippen molar-refractivity contribution in [1.29, 1.82) is 0 Å².